The molecule has 0 spiro atoms. The molecule has 1 saturated heterocycles. The zero-order valence-electron chi connectivity index (χ0n) is 16.7. The number of hydrogen-bond donors (Lipinski definition) is 0. The molecule has 1 heterocycles. The molecule has 1 aliphatic rings. The minimum Gasteiger partial charge on any atom is -0.493 e. The van der Waals surface area contributed by atoms with Crippen molar-refractivity contribution < 1.29 is 19.0 Å². The maximum absolute atomic E-state index is 13.2. The van der Waals surface area contributed by atoms with Crippen LogP contribution in [0.1, 0.15) is 34.3 Å². The minimum atomic E-state index is -0.0360. The summed E-state index contributed by atoms with van der Waals surface area (Å²) in [5.41, 5.74) is 2.34. The second kappa shape index (κ2) is 8.83. The van der Waals surface area contributed by atoms with E-state index in [1.807, 2.05) is 48.2 Å². The van der Waals surface area contributed by atoms with E-state index in [9.17, 15) is 4.79 Å². The van der Waals surface area contributed by atoms with Gasteiger partial charge in [-0.3, -0.25) is 4.79 Å². The SMILES string of the molecule is C=CC1CCCN1C(=O)c1cc(OC)c(OCc2ccccc2)c(OC)c1C. The molecule has 0 aromatic heterocycles. The third-order valence-corrected chi connectivity index (χ3v) is 5.16. The van der Waals surface area contributed by atoms with Crippen molar-refractivity contribution >= 4 is 5.91 Å². The van der Waals surface area contributed by atoms with Crippen molar-refractivity contribution in [1.29, 1.82) is 0 Å². The Bertz CT molecular complexity index is 847. The highest BCUT2D eigenvalue weighted by Crippen LogP contribution is 2.43. The highest BCUT2D eigenvalue weighted by molar-refractivity contribution is 5.98. The zero-order chi connectivity index (χ0) is 20.1. The summed E-state index contributed by atoms with van der Waals surface area (Å²) in [4.78, 5) is 15.1. The number of likely N-dealkylation sites (tertiary alicyclic amines) is 1. The maximum Gasteiger partial charge on any atom is 0.254 e. The molecule has 5 heteroatoms. The minimum absolute atomic E-state index is 0.0360. The number of methoxy groups -OCH3 is 2. The van der Waals surface area contributed by atoms with E-state index in [1.165, 1.54) is 0 Å². The largest absolute Gasteiger partial charge is 0.493 e. The van der Waals surface area contributed by atoms with Crippen LogP contribution >= 0.6 is 0 Å². The van der Waals surface area contributed by atoms with Crippen molar-refractivity contribution in [2.24, 2.45) is 0 Å². The van der Waals surface area contributed by atoms with Crippen LogP contribution < -0.4 is 14.2 Å². The van der Waals surface area contributed by atoms with Gasteiger partial charge in [-0.05, 0) is 31.4 Å². The molecule has 1 aliphatic heterocycles. The first-order chi connectivity index (χ1) is 13.6. The summed E-state index contributed by atoms with van der Waals surface area (Å²) in [5, 5.41) is 0. The smallest absolute Gasteiger partial charge is 0.254 e. The quantitative estimate of drug-likeness (QED) is 0.668. The summed E-state index contributed by atoms with van der Waals surface area (Å²) in [7, 11) is 3.14. The van der Waals surface area contributed by atoms with Crippen LogP contribution in [0.3, 0.4) is 0 Å². The molecule has 28 heavy (non-hydrogen) atoms. The van der Waals surface area contributed by atoms with E-state index in [0.717, 1.165) is 30.5 Å². The van der Waals surface area contributed by atoms with Crippen molar-refractivity contribution in [2.75, 3.05) is 20.8 Å². The molecule has 3 rings (SSSR count). The lowest BCUT2D eigenvalue weighted by molar-refractivity contribution is 0.0760. The normalized spacial score (nSPS) is 16.0. The first kappa shape index (κ1) is 19.8. The fourth-order valence-corrected chi connectivity index (χ4v) is 3.64. The number of carbonyl (C=O) groups is 1. The third kappa shape index (κ3) is 3.84. The fourth-order valence-electron chi connectivity index (χ4n) is 3.64. The van der Waals surface area contributed by atoms with Crippen LogP contribution in [0.4, 0.5) is 0 Å². The maximum atomic E-state index is 13.2. The molecule has 1 amide bonds. The summed E-state index contributed by atoms with van der Waals surface area (Å²) in [6.07, 6.45) is 3.76. The Morgan fingerprint density at radius 2 is 1.96 bits per heavy atom. The molecule has 2 aromatic rings. The first-order valence-electron chi connectivity index (χ1n) is 9.46. The van der Waals surface area contributed by atoms with E-state index in [0.29, 0.717) is 29.4 Å². The Morgan fingerprint density at radius 1 is 1.21 bits per heavy atom. The molecular weight excluding hydrogens is 354 g/mol. The van der Waals surface area contributed by atoms with Gasteiger partial charge in [0, 0.05) is 12.1 Å². The average Bonchev–Trinajstić information content (AvgIpc) is 3.21. The summed E-state index contributed by atoms with van der Waals surface area (Å²) in [6, 6.07) is 11.7. The van der Waals surface area contributed by atoms with Crippen LogP contribution in [0.2, 0.25) is 0 Å². The van der Waals surface area contributed by atoms with Crippen LogP contribution in [0, 0.1) is 6.92 Å². The van der Waals surface area contributed by atoms with E-state index >= 15 is 0 Å². The van der Waals surface area contributed by atoms with Gasteiger partial charge >= 0.3 is 0 Å². The van der Waals surface area contributed by atoms with Crippen molar-refractivity contribution in [3.63, 3.8) is 0 Å². The standard InChI is InChI=1S/C23H27NO4/c1-5-18-12-9-13-24(18)23(25)19-14-20(26-3)22(21(27-4)16(19)2)28-15-17-10-7-6-8-11-17/h5-8,10-11,14,18H,1,9,12-13,15H2,2-4H3. The molecule has 5 nitrogen and oxygen atoms in total. The predicted molar refractivity (Wildman–Crippen MR) is 109 cm³/mol. The van der Waals surface area contributed by atoms with Crippen LogP contribution in [0.15, 0.2) is 49.1 Å². The van der Waals surface area contributed by atoms with Gasteiger partial charge in [-0.1, -0.05) is 36.4 Å². The van der Waals surface area contributed by atoms with E-state index in [-0.39, 0.29) is 11.9 Å². The lowest BCUT2D eigenvalue weighted by Gasteiger charge is -2.25. The summed E-state index contributed by atoms with van der Waals surface area (Å²) in [6.45, 7) is 6.85. The van der Waals surface area contributed by atoms with Crippen LogP contribution in [0.25, 0.3) is 0 Å². The summed E-state index contributed by atoms with van der Waals surface area (Å²) >= 11 is 0. The predicted octanol–water partition coefficient (Wildman–Crippen LogP) is 4.38. The highest BCUT2D eigenvalue weighted by atomic mass is 16.5. The summed E-state index contributed by atoms with van der Waals surface area (Å²) in [5.74, 6) is 1.47. The van der Waals surface area contributed by atoms with Gasteiger partial charge in [0.25, 0.3) is 5.91 Å². The number of rotatable bonds is 7. The first-order valence-corrected chi connectivity index (χ1v) is 9.46. The highest BCUT2D eigenvalue weighted by Gasteiger charge is 2.30. The van der Waals surface area contributed by atoms with Crippen molar-refractivity contribution in [3.05, 3.63) is 65.7 Å². The number of amides is 1. The Morgan fingerprint density at radius 3 is 2.61 bits per heavy atom. The molecule has 0 N–H and O–H groups in total. The van der Waals surface area contributed by atoms with Crippen molar-refractivity contribution in [2.45, 2.75) is 32.4 Å². The molecule has 1 fully saturated rings. The average molecular weight is 381 g/mol. The Labute approximate surface area is 166 Å². The number of ether oxygens (including phenoxy) is 3. The van der Waals surface area contributed by atoms with Crippen LogP contribution in [0.5, 0.6) is 17.2 Å². The zero-order valence-corrected chi connectivity index (χ0v) is 16.7. The molecule has 148 valence electrons. The lowest BCUT2D eigenvalue weighted by Crippen LogP contribution is -2.34. The Hall–Kier alpha value is -2.95. The summed E-state index contributed by atoms with van der Waals surface area (Å²) < 4.78 is 17.2. The molecule has 0 aliphatic carbocycles. The van der Waals surface area contributed by atoms with Gasteiger partial charge in [0.15, 0.2) is 11.5 Å². The van der Waals surface area contributed by atoms with Gasteiger partial charge in [0.1, 0.15) is 6.61 Å². The number of hydrogen-bond acceptors (Lipinski definition) is 4. The van der Waals surface area contributed by atoms with Gasteiger partial charge in [-0.2, -0.15) is 0 Å². The monoisotopic (exact) mass is 381 g/mol. The van der Waals surface area contributed by atoms with E-state index in [4.69, 9.17) is 14.2 Å². The van der Waals surface area contributed by atoms with Gasteiger partial charge in [-0.15, -0.1) is 6.58 Å². The molecule has 2 aromatic carbocycles. The number of benzene rings is 2. The Balaban J connectivity index is 1.95. The molecule has 0 bridgehead atoms. The Kier molecular flexibility index (Phi) is 6.24. The topological polar surface area (TPSA) is 48.0 Å². The van der Waals surface area contributed by atoms with Crippen LogP contribution in [-0.4, -0.2) is 37.6 Å². The number of carbonyl (C=O) groups excluding carboxylic acids is 1. The molecule has 1 atom stereocenters. The fraction of sp³-hybridized carbons (Fsp3) is 0.348. The van der Waals surface area contributed by atoms with E-state index in [1.54, 1.807) is 20.3 Å². The van der Waals surface area contributed by atoms with Crippen molar-refractivity contribution in [3.8, 4) is 17.2 Å². The molecule has 0 radical (unpaired) electrons. The lowest BCUT2D eigenvalue weighted by atomic mass is 10.0. The van der Waals surface area contributed by atoms with Gasteiger partial charge in [-0.25, -0.2) is 0 Å². The van der Waals surface area contributed by atoms with Crippen LogP contribution in [-0.2, 0) is 6.61 Å². The van der Waals surface area contributed by atoms with Gasteiger partial charge < -0.3 is 19.1 Å². The van der Waals surface area contributed by atoms with Gasteiger partial charge in [0.2, 0.25) is 5.75 Å². The molecule has 1 unspecified atom stereocenters. The second-order valence-electron chi connectivity index (χ2n) is 6.83. The molecular formula is C23H27NO4. The third-order valence-electron chi connectivity index (χ3n) is 5.16. The van der Waals surface area contributed by atoms with Gasteiger partial charge in [0.05, 0.1) is 25.8 Å². The number of nitrogens with zero attached hydrogens (tertiary/aromatic N) is 1. The van der Waals surface area contributed by atoms with Crippen molar-refractivity contribution in [1.82, 2.24) is 4.90 Å². The second-order valence-corrected chi connectivity index (χ2v) is 6.83. The molecule has 0 saturated carbocycles. The van der Waals surface area contributed by atoms with E-state index < -0.39 is 0 Å². The van der Waals surface area contributed by atoms with E-state index in [2.05, 4.69) is 6.58 Å².